The molecule has 3 atom stereocenters. The first-order valence-electron chi connectivity index (χ1n) is 7.50. The van der Waals surface area contributed by atoms with Crippen molar-refractivity contribution in [1.82, 2.24) is 0 Å². The molecule has 4 nitrogen and oxygen atoms in total. The molecular weight excluding hydrogens is 254 g/mol. The Hall–Kier alpha value is -1.55. The van der Waals surface area contributed by atoms with E-state index in [4.69, 9.17) is 9.57 Å². The summed E-state index contributed by atoms with van der Waals surface area (Å²) in [5.74, 6) is 0.416. The Balaban J connectivity index is 1.68. The van der Waals surface area contributed by atoms with Crippen LogP contribution < -0.4 is 0 Å². The lowest BCUT2D eigenvalue weighted by atomic mass is 9.81. The van der Waals surface area contributed by atoms with E-state index in [2.05, 4.69) is 24.3 Å². The highest BCUT2D eigenvalue weighted by Gasteiger charge is 2.30. The van der Waals surface area contributed by atoms with Crippen molar-refractivity contribution in [3.63, 3.8) is 0 Å². The molecule has 0 saturated heterocycles. The summed E-state index contributed by atoms with van der Waals surface area (Å²) < 4.78 is 6.09. The maximum atomic E-state index is 11.2. The maximum absolute atomic E-state index is 11.2. The molecule has 1 aliphatic carbocycles. The molecule has 0 amide bonds. The van der Waals surface area contributed by atoms with Gasteiger partial charge in [0.15, 0.2) is 6.29 Å². The SMILES string of the molecule is [O-][N+]1=CCC[C@H](O[C@H]2CCCC[C@@H]2c2ccccc2)O1. The minimum atomic E-state index is -0.396. The van der Waals surface area contributed by atoms with Crippen LogP contribution >= 0.6 is 0 Å². The molecule has 4 heteroatoms. The van der Waals surface area contributed by atoms with Gasteiger partial charge in [0.05, 0.1) is 6.10 Å². The number of nitrogens with zero attached hydrogens (tertiary/aromatic N) is 1. The van der Waals surface area contributed by atoms with Crippen molar-refractivity contribution >= 4 is 6.21 Å². The number of hydrogen-bond acceptors (Lipinski definition) is 3. The van der Waals surface area contributed by atoms with Gasteiger partial charge in [-0.15, -0.1) is 0 Å². The smallest absolute Gasteiger partial charge is 0.210 e. The third-order valence-corrected chi connectivity index (χ3v) is 4.16. The lowest BCUT2D eigenvalue weighted by molar-refractivity contribution is -0.768. The predicted molar refractivity (Wildman–Crippen MR) is 76.3 cm³/mol. The Morgan fingerprint density at radius 1 is 1.10 bits per heavy atom. The van der Waals surface area contributed by atoms with E-state index in [1.165, 1.54) is 24.6 Å². The Kier molecular flexibility index (Phi) is 4.21. The average Bonchev–Trinajstić information content (AvgIpc) is 2.49. The standard InChI is InChI=1S/C16H21NO3/c18-17-12-6-11-16(20-17)19-15-10-5-4-9-14(15)13-7-2-1-3-8-13/h1-3,7-8,12,14-16H,4-6,9-11H2/t14-,15+,16-/m1/s1. The van der Waals surface area contributed by atoms with E-state index in [1.54, 1.807) is 0 Å². The summed E-state index contributed by atoms with van der Waals surface area (Å²) >= 11 is 0. The molecule has 0 radical (unpaired) electrons. The number of benzene rings is 1. The lowest BCUT2D eigenvalue weighted by Gasteiger charge is -2.35. The predicted octanol–water partition coefficient (Wildman–Crippen LogP) is 3.36. The maximum Gasteiger partial charge on any atom is 0.210 e. The number of hydrogen-bond donors (Lipinski definition) is 0. The van der Waals surface area contributed by atoms with Crippen LogP contribution in [0.25, 0.3) is 0 Å². The molecule has 0 bridgehead atoms. The zero-order valence-corrected chi connectivity index (χ0v) is 11.6. The van der Waals surface area contributed by atoms with Gasteiger partial charge in [-0.05, 0) is 24.8 Å². The minimum Gasteiger partial charge on any atom is -0.372 e. The normalized spacial score (nSPS) is 30.4. The van der Waals surface area contributed by atoms with Crippen LogP contribution in [0.3, 0.4) is 0 Å². The van der Waals surface area contributed by atoms with Crippen molar-refractivity contribution in [1.29, 1.82) is 0 Å². The highest BCUT2D eigenvalue weighted by Crippen LogP contribution is 2.36. The average molecular weight is 275 g/mol. The van der Waals surface area contributed by atoms with E-state index in [-0.39, 0.29) is 6.10 Å². The van der Waals surface area contributed by atoms with Gasteiger partial charge in [-0.3, -0.25) is 5.21 Å². The summed E-state index contributed by atoms with van der Waals surface area (Å²) in [7, 11) is 0. The van der Waals surface area contributed by atoms with E-state index < -0.39 is 6.29 Å². The van der Waals surface area contributed by atoms with E-state index in [0.29, 0.717) is 10.8 Å². The topological polar surface area (TPSA) is 44.5 Å². The molecule has 0 spiro atoms. The summed E-state index contributed by atoms with van der Waals surface area (Å²) in [6.45, 7) is 0. The molecule has 1 aromatic rings. The van der Waals surface area contributed by atoms with Gasteiger partial charge in [0.2, 0.25) is 6.21 Å². The minimum absolute atomic E-state index is 0.155. The van der Waals surface area contributed by atoms with Gasteiger partial charge < -0.3 is 9.57 Å². The van der Waals surface area contributed by atoms with Crippen LogP contribution in [0.2, 0.25) is 0 Å². The molecule has 2 aliphatic rings. The van der Waals surface area contributed by atoms with Crippen LogP contribution in [0.1, 0.15) is 50.0 Å². The second-order valence-corrected chi connectivity index (χ2v) is 5.56. The molecule has 1 aromatic carbocycles. The zero-order chi connectivity index (χ0) is 13.8. The first kappa shape index (κ1) is 13.4. The molecule has 1 aliphatic heterocycles. The van der Waals surface area contributed by atoms with Gasteiger partial charge >= 0.3 is 0 Å². The fraction of sp³-hybridized carbons (Fsp3) is 0.562. The van der Waals surface area contributed by atoms with Crippen LogP contribution in [-0.4, -0.2) is 23.5 Å². The van der Waals surface area contributed by atoms with Crippen LogP contribution in [0, 0.1) is 5.21 Å². The zero-order valence-electron chi connectivity index (χ0n) is 11.6. The van der Waals surface area contributed by atoms with Crippen LogP contribution in [0.15, 0.2) is 30.3 Å². The number of ether oxygens (including phenoxy) is 1. The van der Waals surface area contributed by atoms with E-state index in [1.807, 2.05) is 6.07 Å². The van der Waals surface area contributed by atoms with Crippen LogP contribution in [-0.2, 0) is 9.57 Å². The van der Waals surface area contributed by atoms with Crippen molar-refractivity contribution in [2.24, 2.45) is 0 Å². The van der Waals surface area contributed by atoms with Crippen molar-refractivity contribution in [3.05, 3.63) is 41.1 Å². The van der Waals surface area contributed by atoms with Gasteiger partial charge in [-0.1, -0.05) is 43.2 Å². The first-order valence-corrected chi connectivity index (χ1v) is 7.50. The monoisotopic (exact) mass is 275 g/mol. The van der Waals surface area contributed by atoms with Crippen molar-refractivity contribution in [2.75, 3.05) is 0 Å². The molecule has 0 N–H and O–H groups in total. The Morgan fingerprint density at radius 3 is 2.70 bits per heavy atom. The quantitative estimate of drug-likeness (QED) is 0.794. The summed E-state index contributed by atoms with van der Waals surface area (Å²) in [5, 5.41) is 11.2. The summed E-state index contributed by atoms with van der Waals surface area (Å²) in [5.41, 5.74) is 1.33. The van der Waals surface area contributed by atoms with E-state index >= 15 is 0 Å². The molecule has 1 heterocycles. The van der Waals surface area contributed by atoms with Gasteiger partial charge in [0.1, 0.15) is 0 Å². The molecule has 3 rings (SSSR count). The highest BCUT2D eigenvalue weighted by atomic mass is 16.9. The van der Waals surface area contributed by atoms with Crippen molar-refractivity contribution in [3.8, 4) is 0 Å². The van der Waals surface area contributed by atoms with Gasteiger partial charge in [-0.25, -0.2) is 0 Å². The summed E-state index contributed by atoms with van der Waals surface area (Å²) in [6, 6.07) is 10.5. The molecule has 0 aromatic heterocycles. The highest BCUT2D eigenvalue weighted by molar-refractivity contribution is 5.51. The van der Waals surface area contributed by atoms with E-state index in [9.17, 15) is 5.21 Å². The molecule has 108 valence electrons. The fourth-order valence-electron chi connectivity index (χ4n) is 3.16. The van der Waals surface area contributed by atoms with Crippen LogP contribution in [0.5, 0.6) is 0 Å². The Morgan fingerprint density at radius 2 is 1.90 bits per heavy atom. The molecule has 20 heavy (non-hydrogen) atoms. The first-order chi connectivity index (χ1) is 9.83. The van der Waals surface area contributed by atoms with Crippen LogP contribution in [0.4, 0.5) is 0 Å². The second-order valence-electron chi connectivity index (χ2n) is 5.56. The van der Waals surface area contributed by atoms with Crippen molar-refractivity contribution in [2.45, 2.75) is 56.8 Å². The molecule has 1 saturated carbocycles. The van der Waals surface area contributed by atoms with Gasteiger partial charge in [-0.2, -0.15) is 0 Å². The summed E-state index contributed by atoms with van der Waals surface area (Å²) in [6.07, 6.45) is 7.37. The fourth-order valence-corrected chi connectivity index (χ4v) is 3.16. The Bertz CT molecular complexity index is 460. The molecule has 0 unspecified atom stereocenters. The second kappa shape index (κ2) is 6.27. The Labute approximate surface area is 119 Å². The van der Waals surface area contributed by atoms with Crippen molar-refractivity contribution < 1.29 is 14.5 Å². The van der Waals surface area contributed by atoms with Gasteiger partial charge in [0.25, 0.3) is 0 Å². The number of rotatable bonds is 3. The van der Waals surface area contributed by atoms with E-state index in [0.717, 1.165) is 25.7 Å². The lowest BCUT2D eigenvalue weighted by Crippen LogP contribution is -2.35. The third-order valence-electron chi connectivity index (χ3n) is 4.16. The largest absolute Gasteiger partial charge is 0.372 e. The molecular formula is C16H21NO3. The summed E-state index contributed by atoms with van der Waals surface area (Å²) in [4.78, 5) is 5.71. The molecule has 1 fully saturated rings. The van der Waals surface area contributed by atoms with Gasteiger partial charge in [0, 0.05) is 17.2 Å². The third kappa shape index (κ3) is 3.12.